The molecule has 1 aliphatic rings. The van der Waals surface area contributed by atoms with E-state index in [1.54, 1.807) is 0 Å². The van der Waals surface area contributed by atoms with Crippen molar-refractivity contribution in [3.05, 3.63) is 0 Å². The lowest BCUT2D eigenvalue weighted by molar-refractivity contribution is 0.0922. The first kappa shape index (κ1) is 7.03. The Labute approximate surface area is 55.8 Å². The summed E-state index contributed by atoms with van der Waals surface area (Å²) >= 11 is 0. The van der Waals surface area contributed by atoms with Crippen LogP contribution in [0.4, 0.5) is 0 Å². The second kappa shape index (κ2) is 2.27. The first-order valence-corrected chi connectivity index (χ1v) is 3.46. The zero-order chi connectivity index (χ0) is 7.02. The highest BCUT2D eigenvalue weighted by molar-refractivity contribution is 4.88. The minimum atomic E-state index is -0.264. The van der Waals surface area contributed by atoms with Crippen LogP contribution in [0, 0.1) is 5.92 Å². The van der Waals surface area contributed by atoms with Gasteiger partial charge in [0.25, 0.3) is 0 Å². The van der Waals surface area contributed by atoms with Gasteiger partial charge in [-0.3, -0.25) is 0 Å². The smallest absolute Gasteiger partial charge is 0.110 e. The Kier molecular flexibility index (Phi) is 1.78. The van der Waals surface area contributed by atoms with Crippen LogP contribution in [0.2, 0.25) is 0 Å². The van der Waals surface area contributed by atoms with Crippen molar-refractivity contribution in [2.24, 2.45) is 5.92 Å². The Morgan fingerprint density at radius 3 is 2.00 bits per heavy atom. The van der Waals surface area contributed by atoms with Crippen molar-refractivity contribution >= 4 is 0 Å². The third-order valence-corrected chi connectivity index (χ3v) is 1.78. The summed E-state index contributed by atoms with van der Waals surface area (Å²) in [6.07, 6.45) is 0.132. The number of aliphatic hydroxyl groups excluding tert-OH is 1. The van der Waals surface area contributed by atoms with Crippen molar-refractivity contribution in [3.63, 3.8) is 0 Å². The number of rotatable bonds is 2. The summed E-state index contributed by atoms with van der Waals surface area (Å²) in [6.45, 7) is 5.98. The van der Waals surface area contributed by atoms with E-state index < -0.39 is 0 Å². The molecule has 0 aromatic heterocycles. The molecule has 1 N–H and O–H groups in total. The van der Waals surface area contributed by atoms with Crippen LogP contribution >= 0.6 is 0 Å². The Bertz CT molecular complexity index is 101. The van der Waals surface area contributed by atoms with E-state index in [9.17, 15) is 5.11 Å². The Morgan fingerprint density at radius 2 is 1.89 bits per heavy atom. The Hall–Kier alpha value is -0.0800. The van der Waals surface area contributed by atoms with Gasteiger partial charge in [0, 0.05) is 0 Å². The topological polar surface area (TPSA) is 32.8 Å². The van der Waals surface area contributed by atoms with Crippen molar-refractivity contribution in [2.45, 2.75) is 39.1 Å². The van der Waals surface area contributed by atoms with Gasteiger partial charge < -0.3 is 9.84 Å². The molecule has 1 saturated heterocycles. The molecule has 1 heterocycles. The van der Waals surface area contributed by atoms with Crippen molar-refractivity contribution in [2.75, 3.05) is 0 Å². The molecule has 1 fully saturated rings. The third-order valence-electron chi connectivity index (χ3n) is 1.78. The maximum Gasteiger partial charge on any atom is 0.110 e. The van der Waals surface area contributed by atoms with Gasteiger partial charge in [-0.15, -0.1) is 0 Å². The van der Waals surface area contributed by atoms with Gasteiger partial charge in [0.15, 0.2) is 0 Å². The summed E-state index contributed by atoms with van der Waals surface area (Å²) in [4.78, 5) is 0. The number of aliphatic hydroxyl groups is 1. The molecule has 1 aliphatic heterocycles. The van der Waals surface area contributed by atoms with Crippen LogP contribution in [-0.4, -0.2) is 23.4 Å². The molecule has 0 radical (unpaired) electrons. The molecule has 0 aliphatic carbocycles. The average molecular weight is 130 g/mol. The largest absolute Gasteiger partial charge is 0.390 e. The molecule has 2 heteroatoms. The van der Waals surface area contributed by atoms with Gasteiger partial charge in [-0.2, -0.15) is 0 Å². The molecule has 0 amide bonds. The predicted molar refractivity (Wildman–Crippen MR) is 35.2 cm³/mol. The number of ether oxygens (including phenoxy) is 1. The fourth-order valence-electron chi connectivity index (χ4n) is 0.940. The summed E-state index contributed by atoms with van der Waals surface area (Å²) in [6, 6.07) is 0. The SMILES string of the molecule is CC(C)[C@H](O)[C@@H]1O[C@@H]1C. The maximum atomic E-state index is 9.31. The highest BCUT2D eigenvalue weighted by Gasteiger charge is 2.41. The van der Waals surface area contributed by atoms with Crippen LogP contribution in [0.15, 0.2) is 0 Å². The summed E-state index contributed by atoms with van der Waals surface area (Å²) < 4.78 is 5.09. The molecule has 0 saturated carbocycles. The molecule has 9 heavy (non-hydrogen) atoms. The molecule has 0 bridgehead atoms. The lowest BCUT2D eigenvalue weighted by Crippen LogP contribution is -2.22. The predicted octanol–water partition coefficient (Wildman–Crippen LogP) is 0.791. The molecule has 0 spiro atoms. The summed E-state index contributed by atoms with van der Waals surface area (Å²) in [7, 11) is 0. The highest BCUT2D eigenvalue weighted by atomic mass is 16.6. The van der Waals surface area contributed by atoms with Gasteiger partial charge in [-0.05, 0) is 12.8 Å². The van der Waals surface area contributed by atoms with E-state index in [1.807, 2.05) is 20.8 Å². The fraction of sp³-hybridized carbons (Fsp3) is 1.00. The first-order chi connectivity index (χ1) is 4.13. The highest BCUT2D eigenvalue weighted by Crippen LogP contribution is 2.27. The van der Waals surface area contributed by atoms with Crippen molar-refractivity contribution in [3.8, 4) is 0 Å². The van der Waals surface area contributed by atoms with E-state index in [0.717, 1.165) is 0 Å². The fourth-order valence-corrected chi connectivity index (χ4v) is 0.940. The van der Waals surface area contributed by atoms with Crippen LogP contribution < -0.4 is 0 Å². The van der Waals surface area contributed by atoms with E-state index in [4.69, 9.17) is 4.74 Å². The van der Waals surface area contributed by atoms with Crippen LogP contribution in [-0.2, 0) is 4.74 Å². The van der Waals surface area contributed by atoms with Gasteiger partial charge in [-0.25, -0.2) is 0 Å². The van der Waals surface area contributed by atoms with Crippen LogP contribution in [0.1, 0.15) is 20.8 Å². The minimum Gasteiger partial charge on any atom is -0.390 e. The molecule has 0 unspecified atom stereocenters. The van der Waals surface area contributed by atoms with E-state index in [1.165, 1.54) is 0 Å². The summed E-state index contributed by atoms with van der Waals surface area (Å²) in [5.74, 6) is 0.319. The van der Waals surface area contributed by atoms with Gasteiger partial charge >= 0.3 is 0 Å². The standard InChI is InChI=1S/C7H14O2/c1-4(2)6(8)7-5(3)9-7/h4-8H,1-3H3/t5-,6+,7-/m1/s1. The number of hydrogen-bond acceptors (Lipinski definition) is 2. The normalized spacial score (nSPS) is 37.0. The minimum absolute atomic E-state index is 0.116. The molecule has 3 atom stereocenters. The van der Waals surface area contributed by atoms with Gasteiger partial charge in [0.2, 0.25) is 0 Å². The van der Waals surface area contributed by atoms with Gasteiger partial charge in [0.05, 0.1) is 12.2 Å². The van der Waals surface area contributed by atoms with Crippen molar-refractivity contribution in [1.29, 1.82) is 0 Å². The molecule has 0 aromatic rings. The molecular formula is C7H14O2. The van der Waals surface area contributed by atoms with Gasteiger partial charge in [-0.1, -0.05) is 13.8 Å². The Morgan fingerprint density at radius 1 is 1.44 bits per heavy atom. The van der Waals surface area contributed by atoms with Crippen LogP contribution in [0.5, 0.6) is 0 Å². The zero-order valence-corrected chi connectivity index (χ0v) is 6.16. The number of epoxide rings is 1. The van der Waals surface area contributed by atoms with E-state index in [-0.39, 0.29) is 18.3 Å². The summed E-state index contributed by atoms with van der Waals surface area (Å²) in [5, 5.41) is 9.31. The average Bonchev–Trinajstić information content (AvgIpc) is 2.44. The first-order valence-electron chi connectivity index (χ1n) is 3.46. The van der Waals surface area contributed by atoms with Crippen LogP contribution in [0.3, 0.4) is 0 Å². The second-order valence-electron chi connectivity index (χ2n) is 3.04. The number of hydrogen-bond donors (Lipinski definition) is 1. The second-order valence-corrected chi connectivity index (χ2v) is 3.04. The van der Waals surface area contributed by atoms with E-state index >= 15 is 0 Å². The molecule has 54 valence electrons. The quantitative estimate of drug-likeness (QED) is 0.560. The summed E-state index contributed by atoms with van der Waals surface area (Å²) in [5.41, 5.74) is 0. The lowest BCUT2D eigenvalue weighted by atomic mass is 10.0. The van der Waals surface area contributed by atoms with Crippen molar-refractivity contribution < 1.29 is 9.84 Å². The van der Waals surface area contributed by atoms with E-state index in [2.05, 4.69) is 0 Å². The van der Waals surface area contributed by atoms with Gasteiger partial charge in [0.1, 0.15) is 6.10 Å². The lowest BCUT2D eigenvalue weighted by Gasteiger charge is -2.09. The maximum absolute atomic E-state index is 9.31. The van der Waals surface area contributed by atoms with Crippen LogP contribution in [0.25, 0.3) is 0 Å². The molecule has 2 nitrogen and oxygen atoms in total. The monoisotopic (exact) mass is 130 g/mol. The molecule has 1 rings (SSSR count). The Balaban J connectivity index is 2.27. The van der Waals surface area contributed by atoms with E-state index in [0.29, 0.717) is 5.92 Å². The zero-order valence-electron chi connectivity index (χ0n) is 6.16. The molecular weight excluding hydrogens is 116 g/mol. The molecule has 0 aromatic carbocycles. The van der Waals surface area contributed by atoms with Crippen molar-refractivity contribution in [1.82, 2.24) is 0 Å². The third kappa shape index (κ3) is 1.43.